The van der Waals surface area contributed by atoms with Crippen LogP contribution in [0.15, 0.2) is 291 Å². The summed E-state index contributed by atoms with van der Waals surface area (Å²) in [6.45, 7) is 19.4. The highest BCUT2D eigenvalue weighted by Gasteiger charge is 2.51. The molecule has 0 amide bonds. The molecule has 0 spiro atoms. The van der Waals surface area contributed by atoms with Crippen molar-refractivity contribution >= 4 is 0 Å². The zero-order valence-electron chi connectivity index (χ0n) is 57.7. The van der Waals surface area contributed by atoms with E-state index in [4.69, 9.17) is 9.47 Å². The van der Waals surface area contributed by atoms with Gasteiger partial charge in [-0.15, -0.1) is 0 Å². The van der Waals surface area contributed by atoms with Gasteiger partial charge < -0.3 is 9.47 Å². The van der Waals surface area contributed by atoms with Crippen molar-refractivity contribution in [2.45, 2.75) is 82.5 Å². The lowest BCUT2D eigenvalue weighted by Crippen LogP contribution is -2.29. The van der Waals surface area contributed by atoms with Gasteiger partial charge in [-0.25, -0.2) is 0 Å². The molecule has 6 aliphatic rings. The Balaban J connectivity index is 0.971. The summed E-state index contributed by atoms with van der Waals surface area (Å²) in [5.74, 6) is 1.50. The summed E-state index contributed by atoms with van der Waals surface area (Å²) < 4.78 is 13.3. The Labute approximate surface area is 586 Å². The van der Waals surface area contributed by atoms with Crippen molar-refractivity contribution in [2.24, 2.45) is 0 Å². The molecule has 0 unspecified atom stereocenters. The zero-order valence-corrected chi connectivity index (χ0v) is 57.7. The molecule has 2 heteroatoms. The number of hydrogen-bond acceptors (Lipinski definition) is 2. The summed E-state index contributed by atoms with van der Waals surface area (Å²) in [6.07, 6.45) is 0. The van der Waals surface area contributed by atoms with Crippen LogP contribution in [-0.2, 0) is 27.1 Å². The minimum absolute atomic E-state index is 0.139. The topological polar surface area (TPSA) is 18.5 Å². The molecule has 2 nitrogen and oxygen atoms in total. The number of rotatable bonds is 8. The molecule has 1 aliphatic heterocycles. The molecule has 0 N–H and O–H groups in total. The molecular formula is C98H74O2. The highest BCUT2D eigenvalue weighted by atomic mass is 16.7. The van der Waals surface area contributed by atoms with E-state index in [9.17, 15) is 0 Å². The molecule has 0 bridgehead atoms. The molecular weight excluding hydrogens is 1210 g/mol. The van der Waals surface area contributed by atoms with Crippen molar-refractivity contribution in [2.75, 3.05) is 6.79 Å². The standard InChI is InChI=1S/C98H74O2/c1-94(2)77-39-16-12-30-72(77)89-68(35-21-43-81(89)94)61-49-62(69-36-22-44-82-90(69)73-31-13-17-40-78(73)95(82,3)4)52-65(51-61)98(85-47-25-34-67(60-29-20-28-59(48-60)58-26-10-9-11-27-58)93(85)76-55-87-88(56-86(76)98)100-57-99-87)66-53-63(70-37-23-45-83-91(70)74-32-14-18-41-79(74)96(83,5)6)50-64(54-66)71-38-24-46-84-92(71)75-33-15-19-42-80(75)97(84,7)8/h9-56H,57H2,1-8H3. The molecule has 100 heavy (non-hydrogen) atoms. The van der Waals surface area contributed by atoms with E-state index in [1.807, 2.05) is 0 Å². The van der Waals surface area contributed by atoms with E-state index < -0.39 is 5.41 Å². The lowest BCUT2D eigenvalue weighted by Gasteiger charge is -2.36. The first-order chi connectivity index (χ1) is 48.6. The molecule has 0 fully saturated rings. The third kappa shape index (κ3) is 7.96. The monoisotopic (exact) mass is 1280 g/mol. The number of fused-ring (bicyclic) bond motifs is 16. The maximum Gasteiger partial charge on any atom is 0.231 e. The fourth-order valence-corrected chi connectivity index (χ4v) is 19.6. The van der Waals surface area contributed by atoms with Gasteiger partial charge >= 0.3 is 0 Å². The van der Waals surface area contributed by atoms with Gasteiger partial charge in [0.15, 0.2) is 11.5 Å². The smallest absolute Gasteiger partial charge is 0.231 e. The van der Waals surface area contributed by atoms with Gasteiger partial charge in [0.05, 0.1) is 5.41 Å². The minimum Gasteiger partial charge on any atom is -0.454 e. The van der Waals surface area contributed by atoms with E-state index in [-0.39, 0.29) is 28.5 Å². The molecule has 1 heterocycles. The normalized spacial score (nSPS) is 15.9. The van der Waals surface area contributed by atoms with E-state index in [0.29, 0.717) is 0 Å². The molecule has 14 aromatic rings. The van der Waals surface area contributed by atoms with Gasteiger partial charge in [0, 0.05) is 21.7 Å². The second-order valence-electron chi connectivity index (χ2n) is 30.9. The van der Waals surface area contributed by atoms with Crippen molar-refractivity contribution < 1.29 is 9.47 Å². The van der Waals surface area contributed by atoms with E-state index in [0.717, 1.165) is 67.1 Å². The quantitative estimate of drug-likeness (QED) is 0.151. The molecule has 20 rings (SSSR count). The van der Waals surface area contributed by atoms with Crippen LogP contribution in [0.3, 0.4) is 0 Å². The van der Waals surface area contributed by atoms with Crippen LogP contribution < -0.4 is 9.47 Å². The van der Waals surface area contributed by atoms with Crippen LogP contribution in [0.25, 0.3) is 122 Å². The van der Waals surface area contributed by atoms with E-state index in [2.05, 4.69) is 347 Å². The molecule has 0 saturated heterocycles. The Bertz CT molecular complexity index is 5370. The first-order valence-electron chi connectivity index (χ1n) is 35.6. The van der Waals surface area contributed by atoms with Crippen molar-refractivity contribution in [1.29, 1.82) is 0 Å². The van der Waals surface area contributed by atoms with Gasteiger partial charge in [0.1, 0.15) is 0 Å². The molecule has 0 aromatic heterocycles. The Morgan fingerprint density at radius 2 is 0.480 bits per heavy atom. The van der Waals surface area contributed by atoms with Crippen LogP contribution in [0.1, 0.15) is 122 Å². The average molecular weight is 1280 g/mol. The maximum absolute atomic E-state index is 6.73. The molecule has 5 aliphatic carbocycles. The number of hydrogen-bond donors (Lipinski definition) is 0. The van der Waals surface area contributed by atoms with Gasteiger partial charge in [0.25, 0.3) is 0 Å². The fourth-order valence-electron chi connectivity index (χ4n) is 19.6. The van der Waals surface area contributed by atoms with Crippen LogP contribution in [0.2, 0.25) is 0 Å². The third-order valence-electron chi connectivity index (χ3n) is 24.3. The van der Waals surface area contributed by atoms with Crippen molar-refractivity contribution in [1.82, 2.24) is 0 Å². The summed E-state index contributed by atoms with van der Waals surface area (Å²) in [6, 6.07) is 112. The summed E-state index contributed by atoms with van der Waals surface area (Å²) >= 11 is 0. The first-order valence-corrected chi connectivity index (χ1v) is 35.6. The van der Waals surface area contributed by atoms with E-state index in [1.165, 1.54) is 134 Å². The summed E-state index contributed by atoms with van der Waals surface area (Å²) in [7, 11) is 0. The summed E-state index contributed by atoms with van der Waals surface area (Å²) in [5.41, 5.74) is 40.3. The third-order valence-corrected chi connectivity index (χ3v) is 24.3. The van der Waals surface area contributed by atoms with Crippen molar-refractivity contribution in [3.8, 4) is 134 Å². The molecule has 478 valence electrons. The van der Waals surface area contributed by atoms with Crippen LogP contribution >= 0.6 is 0 Å². The van der Waals surface area contributed by atoms with Crippen LogP contribution in [0.4, 0.5) is 0 Å². The first kappa shape index (κ1) is 58.8. The minimum atomic E-state index is -1.04. The highest BCUT2D eigenvalue weighted by molar-refractivity contribution is 6.03. The Morgan fingerprint density at radius 1 is 0.200 bits per heavy atom. The van der Waals surface area contributed by atoms with Gasteiger partial charge in [-0.1, -0.05) is 292 Å². The van der Waals surface area contributed by atoms with Crippen molar-refractivity contribution in [3.05, 3.63) is 358 Å². The highest BCUT2D eigenvalue weighted by Crippen LogP contribution is 2.65. The number of benzene rings is 14. The fraction of sp³-hybridized carbons (Fsp3) is 0.143. The second kappa shape index (κ2) is 20.9. The molecule has 0 saturated carbocycles. The zero-order chi connectivity index (χ0) is 67.3. The predicted molar refractivity (Wildman–Crippen MR) is 413 cm³/mol. The Hall–Kier alpha value is -11.3. The lowest BCUT2D eigenvalue weighted by atomic mass is 9.65. The van der Waals surface area contributed by atoms with Crippen LogP contribution in [0, 0.1) is 0 Å². The second-order valence-corrected chi connectivity index (χ2v) is 30.9. The van der Waals surface area contributed by atoms with Crippen LogP contribution in [-0.4, -0.2) is 6.79 Å². The van der Waals surface area contributed by atoms with E-state index in [1.54, 1.807) is 0 Å². The average Bonchev–Trinajstić information content (AvgIpc) is 1.49. The van der Waals surface area contributed by atoms with Gasteiger partial charge in [0.2, 0.25) is 6.79 Å². The number of ether oxygens (including phenoxy) is 2. The maximum atomic E-state index is 6.73. The molecule has 14 aromatic carbocycles. The molecule has 0 atom stereocenters. The van der Waals surface area contributed by atoms with E-state index >= 15 is 0 Å². The van der Waals surface area contributed by atoms with Crippen LogP contribution in [0.5, 0.6) is 11.5 Å². The SMILES string of the molecule is CC1(C)c2ccccc2-c2c(-c3cc(-c4cccc5c4-c4ccccc4C5(C)C)cc(C4(c5cc(-c6cccc7c6-c6ccccc6C7(C)C)cc(-c6cccc7c6-c6ccccc6C7(C)C)c5)c5cc6c(cc5-c5c(-c7cccc(-c8ccccc8)c7)cccc54)OCO6)c3)cccc21. The largest absolute Gasteiger partial charge is 0.454 e. The van der Waals surface area contributed by atoms with Gasteiger partial charge in [-0.3, -0.25) is 0 Å². The molecule has 0 radical (unpaired) electrons. The predicted octanol–water partition coefficient (Wildman–Crippen LogP) is 25.0. The Kier molecular flexibility index (Phi) is 12.3. The van der Waals surface area contributed by atoms with Gasteiger partial charge in [-0.2, -0.15) is 0 Å². The Morgan fingerprint density at radius 3 is 0.880 bits per heavy atom. The summed E-state index contributed by atoms with van der Waals surface area (Å²) in [5, 5.41) is 0. The summed E-state index contributed by atoms with van der Waals surface area (Å²) in [4.78, 5) is 0. The van der Waals surface area contributed by atoms with Crippen molar-refractivity contribution in [3.63, 3.8) is 0 Å². The van der Waals surface area contributed by atoms with Gasteiger partial charge in [-0.05, 0) is 244 Å². The lowest BCUT2D eigenvalue weighted by molar-refractivity contribution is 0.174.